The van der Waals surface area contributed by atoms with Crippen molar-refractivity contribution in [2.45, 2.75) is 18.8 Å². The molecular formula is C28H29N5O6. The van der Waals surface area contributed by atoms with E-state index in [1.165, 1.54) is 14.2 Å². The summed E-state index contributed by atoms with van der Waals surface area (Å²) >= 11 is 0. The van der Waals surface area contributed by atoms with Gasteiger partial charge in [0.15, 0.2) is 5.58 Å². The average molecular weight is 532 g/mol. The molecule has 0 radical (unpaired) electrons. The third-order valence-corrected chi connectivity index (χ3v) is 6.96. The normalized spacial score (nSPS) is 14.4. The number of para-hydroxylation sites is 3. The summed E-state index contributed by atoms with van der Waals surface area (Å²) in [5, 5.41) is 0.601. The van der Waals surface area contributed by atoms with E-state index in [2.05, 4.69) is 4.98 Å². The number of amides is 2. The molecule has 2 N–H and O–H groups in total. The van der Waals surface area contributed by atoms with E-state index in [-0.39, 0.29) is 35.8 Å². The van der Waals surface area contributed by atoms with Gasteiger partial charge in [0.2, 0.25) is 5.91 Å². The number of piperazine rings is 1. The predicted molar refractivity (Wildman–Crippen MR) is 144 cm³/mol. The van der Waals surface area contributed by atoms with Crippen molar-refractivity contribution in [2.24, 2.45) is 5.73 Å². The molecule has 3 heterocycles. The van der Waals surface area contributed by atoms with Gasteiger partial charge < -0.3 is 29.4 Å². The van der Waals surface area contributed by atoms with Crippen molar-refractivity contribution < 1.29 is 28.3 Å². The second kappa shape index (κ2) is 11.0. The molecule has 1 fully saturated rings. The van der Waals surface area contributed by atoms with Crippen LogP contribution in [0.3, 0.4) is 0 Å². The maximum atomic E-state index is 14.0. The highest BCUT2D eigenvalue weighted by molar-refractivity contribution is 6.04. The molecule has 0 bridgehead atoms. The van der Waals surface area contributed by atoms with E-state index in [9.17, 15) is 14.4 Å². The van der Waals surface area contributed by atoms with E-state index in [4.69, 9.17) is 24.6 Å². The Labute approximate surface area is 224 Å². The first-order valence-electron chi connectivity index (χ1n) is 12.6. The highest BCUT2D eigenvalue weighted by Gasteiger charge is 2.35. The van der Waals surface area contributed by atoms with E-state index >= 15 is 0 Å². The quantitative estimate of drug-likeness (QED) is 0.340. The molecule has 1 unspecified atom stereocenters. The molecule has 11 heteroatoms. The lowest BCUT2D eigenvalue weighted by Crippen LogP contribution is -2.50. The zero-order valence-electron chi connectivity index (χ0n) is 21.8. The van der Waals surface area contributed by atoms with Gasteiger partial charge >= 0.3 is 5.97 Å². The Balaban J connectivity index is 1.46. The Morgan fingerprint density at radius 2 is 1.67 bits per heavy atom. The fourth-order valence-corrected chi connectivity index (χ4v) is 4.98. The first kappa shape index (κ1) is 26.0. The largest absolute Gasteiger partial charge is 0.495 e. The number of carbonyl (C=O) groups excluding carboxylic acids is 3. The third kappa shape index (κ3) is 5.07. The molecule has 5 rings (SSSR count). The van der Waals surface area contributed by atoms with Crippen LogP contribution in [0.15, 0.2) is 52.9 Å². The molecule has 1 aliphatic rings. The number of hydrogen-bond acceptors (Lipinski definition) is 9. The molecule has 11 nitrogen and oxygen atoms in total. The molecule has 0 saturated carbocycles. The number of primary amides is 1. The number of pyridine rings is 1. The monoisotopic (exact) mass is 531 g/mol. The van der Waals surface area contributed by atoms with Crippen LogP contribution in [0.4, 0.5) is 6.01 Å². The van der Waals surface area contributed by atoms with Crippen LogP contribution in [0.5, 0.6) is 5.75 Å². The van der Waals surface area contributed by atoms with E-state index in [0.717, 1.165) is 5.52 Å². The number of esters is 1. The van der Waals surface area contributed by atoms with Gasteiger partial charge in [-0.05, 0) is 30.7 Å². The van der Waals surface area contributed by atoms with E-state index < -0.39 is 17.8 Å². The molecule has 2 aromatic heterocycles. The number of ether oxygens (including phenoxy) is 2. The Hall–Kier alpha value is -4.67. The summed E-state index contributed by atoms with van der Waals surface area (Å²) in [5.41, 5.74) is 8.03. The van der Waals surface area contributed by atoms with E-state index in [1.807, 2.05) is 29.2 Å². The number of oxazole rings is 1. The number of hydrogen-bond donors (Lipinski definition) is 1. The van der Waals surface area contributed by atoms with Crippen LogP contribution in [0.25, 0.3) is 22.0 Å². The first-order valence-corrected chi connectivity index (χ1v) is 12.6. The number of carbonyl (C=O) groups is 3. The minimum atomic E-state index is -0.916. The maximum Gasteiger partial charge on any atom is 0.305 e. The summed E-state index contributed by atoms with van der Waals surface area (Å²) in [7, 11) is 2.73. The Bertz CT molecular complexity index is 1510. The van der Waals surface area contributed by atoms with Gasteiger partial charge in [-0.15, -0.1) is 0 Å². The minimum absolute atomic E-state index is 0.0320. The number of benzene rings is 2. The number of aromatic nitrogens is 2. The zero-order chi connectivity index (χ0) is 27.5. The Morgan fingerprint density at radius 1 is 0.974 bits per heavy atom. The fourth-order valence-electron chi connectivity index (χ4n) is 4.98. The Morgan fingerprint density at radius 3 is 2.33 bits per heavy atom. The molecule has 4 aromatic rings. The summed E-state index contributed by atoms with van der Waals surface area (Å²) in [6, 6.07) is 15.2. The van der Waals surface area contributed by atoms with Crippen LogP contribution in [-0.2, 0) is 14.3 Å². The summed E-state index contributed by atoms with van der Waals surface area (Å²) in [4.78, 5) is 51.7. The molecule has 0 aliphatic carbocycles. The standard InChI is InChI=1S/C28H29N5O6/c1-37-22(34)12-11-18(24-23(26(29)35)25(38-2)17-7-3-4-8-19(17)30-24)27(36)32-13-15-33(16-14-32)28-31-20-9-5-6-10-21(20)39-28/h3-10,18H,11-16H2,1-2H3,(H2,29,35). The molecule has 202 valence electrons. The highest BCUT2D eigenvalue weighted by Crippen LogP contribution is 2.36. The number of nitrogens with two attached hydrogens (primary N) is 1. The second-order valence-electron chi connectivity index (χ2n) is 9.23. The van der Waals surface area contributed by atoms with Gasteiger partial charge in [0.05, 0.1) is 31.3 Å². The number of anilines is 1. The summed E-state index contributed by atoms with van der Waals surface area (Å²) in [6.45, 7) is 1.78. The highest BCUT2D eigenvalue weighted by atomic mass is 16.5. The Kier molecular flexibility index (Phi) is 7.31. The predicted octanol–water partition coefficient (Wildman–Crippen LogP) is 2.87. The van der Waals surface area contributed by atoms with Crippen molar-refractivity contribution in [1.29, 1.82) is 0 Å². The van der Waals surface area contributed by atoms with Crippen LogP contribution in [0.2, 0.25) is 0 Å². The van der Waals surface area contributed by atoms with Crippen molar-refractivity contribution in [1.82, 2.24) is 14.9 Å². The van der Waals surface area contributed by atoms with Crippen molar-refractivity contribution in [3.8, 4) is 5.75 Å². The minimum Gasteiger partial charge on any atom is -0.495 e. The van der Waals surface area contributed by atoms with Crippen molar-refractivity contribution in [3.63, 3.8) is 0 Å². The number of nitrogens with zero attached hydrogens (tertiary/aromatic N) is 4. The molecule has 0 spiro atoms. The van der Waals surface area contributed by atoms with Gasteiger partial charge in [0, 0.05) is 38.0 Å². The molecule has 39 heavy (non-hydrogen) atoms. The van der Waals surface area contributed by atoms with E-state index in [0.29, 0.717) is 48.7 Å². The van der Waals surface area contributed by atoms with Gasteiger partial charge in [0.1, 0.15) is 16.8 Å². The van der Waals surface area contributed by atoms with E-state index in [1.54, 1.807) is 29.2 Å². The fraction of sp³-hybridized carbons (Fsp3) is 0.321. The first-order chi connectivity index (χ1) is 18.9. The van der Waals surface area contributed by atoms with Gasteiger partial charge in [-0.25, -0.2) is 0 Å². The number of fused-ring (bicyclic) bond motifs is 2. The van der Waals surface area contributed by atoms with Crippen LogP contribution in [0.1, 0.15) is 34.8 Å². The average Bonchev–Trinajstić information content (AvgIpc) is 3.40. The lowest BCUT2D eigenvalue weighted by atomic mass is 9.91. The lowest BCUT2D eigenvalue weighted by Gasteiger charge is -2.36. The number of methoxy groups -OCH3 is 2. The van der Waals surface area contributed by atoms with Crippen LogP contribution in [0, 0.1) is 0 Å². The maximum absolute atomic E-state index is 14.0. The molecule has 2 amide bonds. The molecule has 1 aliphatic heterocycles. The van der Waals surface area contributed by atoms with Gasteiger partial charge in [-0.3, -0.25) is 19.4 Å². The zero-order valence-corrected chi connectivity index (χ0v) is 21.8. The van der Waals surface area contributed by atoms with Crippen LogP contribution < -0.4 is 15.4 Å². The van der Waals surface area contributed by atoms with Gasteiger partial charge in [0.25, 0.3) is 11.9 Å². The smallest absolute Gasteiger partial charge is 0.305 e. The van der Waals surface area contributed by atoms with Crippen LogP contribution in [-0.4, -0.2) is 73.1 Å². The molecule has 1 atom stereocenters. The van der Waals surface area contributed by atoms with Gasteiger partial charge in [-0.1, -0.05) is 24.3 Å². The number of rotatable bonds is 8. The lowest BCUT2D eigenvalue weighted by molar-refractivity contribution is -0.141. The molecular weight excluding hydrogens is 502 g/mol. The van der Waals surface area contributed by atoms with Crippen LogP contribution >= 0.6 is 0 Å². The molecule has 1 saturated heterocycles. The van der Waals surface area contributed by atoms with Crippen molar-refractivity contribution >= 4 is 45.8 Å². The summed E-state index contributed by atoms with van der Waals surface area (Å²) in [5.74, 6) is -2.16. The SMILES string of the molecule is COC(=O)CCC(C(=O)N1CCN(c2nc3ccccc3o2)CC1)c1nc2ccccc2c(OC)c1C(N)=O. The summed E-state index contributed by atoms with van der Waals surface area (Å²) < 4.78 is 16.3. The van der Waals surface area contributed by atoms with Crippen molar-refractivity contribution in [3.05, 3.63) is 59.8 Å². The molecule has 2 aromatic carbocycles. The third-order valence-electron chi connectivity index (χ3n) is 6.96. The van der Waals surface area contributed by atoms with Gasteiger partial charge in [-0.2, -0.15) is 4.98 Å². The summed E-state index contributed by atoms with van der Waals surface area (Å²) in [6.07, 6.45) is 0.0520. The topological polar surface area (TPSA) is 141 Å². The second-order valence-corrected chi connectivity index (χ2v) is 9.23. The van der Waals surface area contributed by atoms with Crippen molar-refractivity contribution in [2.75, 3.05) is 45.3 Å².